The van der Waals surface area contributed by atoms with Crippen molar-refractivity contribution < 1.29 is 18.0 Å². The molecule has 5 nitrogen and oxygen atoms in total. The third-order valence-corrected chi connectivity index (χ3v) is 7.41. The number of carbonyl (C=O) groups excluding carboxylic acids is 2. The highest BCUT2D eigenvalue weighted by molar-refractivity contribution is 7.92. The van der Waals surface area contributed by atoms with Crippen molar-refractivity contribution >= 4 is 33.1 Å². The van der Waals surface area contributed by atoms with E-state index in [1.807, 2.05) is 18.2 Å². The van der Waals surface area contributed by atoms with E-state index in [1.54, 1.807) is 29.2 Å². The third-order valence-electron chi connectivity index (χ3n) is 4.97. The summed E-state index contributed by atoms with van der Waals surface area (Å²) in [6.07, 6.45) is 1.42. The minimum Gasteiger partial charge on any atom is -0.341 e. The molecule has 0 bridgehead atoms. The van der Waals surface area contributed by atoms with Crippen molar-refractivity contribution in [3.05, 3.63) is 65.2 Å². The number of sulfone groups is 1. The highest BCUT2D eigenvalue weighted by atomic mass is 35.5. The first-order valence-corrected chi connectivity index (χ1v) is 11.2. The summed E-state index contributed by atoms with van der Waals surface area (Å²) in [5.41, 5.74) is 0.644. The van der Waals surface area contributed by atoms with Crippen LogP contribution in [0, 0.1) is 0 Å². The first kappa shape index (κ1) is 20.6. The van der Waals surface area contributed by atoms with Crippen molar-refractivity contribution in [2.75, 3.05) is 13.1 Å². The van der Waals surface area contributed by atoms with Crippen LogP contribution in [0.25, 0.3) is 0 Å². The van der Waals surface area contributed by atoms with Crippen LogP contribution in [-0.4, -0.2) is 43.3 Å². The van der Waals surface area contributed by atoms with Crippen molar-refractivity contribution in [2.24, 2.45) is 0 Å². The average Bonchev–Trinajstić information content (AvgIpc) is 3.20. The molecule has 2 aromatic carbocycles. The summed E-state index contributed by atoms with van der Waals surface area (Å²) in [4.78, 5) is 26.3. The summed E-state index contributed by atoms with van der Waals surface area (Å²) in [7, 11) is -3.50. The molecule has 0 aromatic heterocycles. The van der Waals surface area contributed by atoms with E-state index >= 15 is 0 Å². The maximum atomic E-state index is 12.7. The zero-order valence-corrected chi connectivity index (χ0v) is 17.0. The van der Waals surface area contributed by atoms with Crippen LogP contribution in [0.5, 0.6) is 0 Å². The first-order valence-electron chi connectivity index (χ1n) is 9.23. The molecule has 0 aliphatic carbocycles. The number of carbonyl (C=O) groups is 2. The van der Waals surface area contributed by atoms with Crippen LogP contribution in [0.3, 0.4) is 0 Å². The van der Waals surface area contributed by atoms with Gasteiger partial charge < -0.3 is 4.90 Å². The van der Waals surface area contributed by atoms with Crippen molar-refractivity contribution in [1.29, 1.82) is 0 Å². The van der Waals surface area contributed by atoms with Gasteiger partial charge in [0.05, 0.1) is 10.1 Å². The second kappa shape index (κ2) is 8.88. The zero-order chi connectivity index (χ0) is 20.1. The fourth-order valence-electron chi connectivity index (χ4n) is 3.35. The SMILES string of the molecule is O=C(CCCC(=O)N1CC[C@H](S(=O)(=O)c2ccc(Cl)cc2)C1)c1ccccc1. The number of Topliss-reactive ketones (excluding diaryl/α,β-unsaturated/α-hetero) is 1. The van der Waals surface area contributed by atoms with Gasteiger partial charge in [-0.25, -0.2) is 8.42 Å². The number of halogens is 1. The minimum atomic E-state index is -3.50. The minimum absolute atomic E-state index is 0.0121. The summed E-state index contributed by atoms with van der Waals surface area (Å²) in [5, 5.41) is -0.129. The summed E-state index contributed by atoms with van der Waals surface area (Å²) in [6, 6.07) is 15.1. The molecule has 0 saturated carbocycles. The molecule has 148 valence electrons. The van der Waals surface area contributed by atoms with Gasteiger partial charge in [-0.2, -0.15) is 0 Å². The Bertz CT molecular complexity index is 942. The maximum absolute atomic E-state index is 12.7. The fourth-order valence-corrected chi connectivity index (χ4v) is 5.17. The standard InChI is InChI=1S/C21H22ClNO4S/c22-17-9-11-18(12-10-17)28(26,27)19-13-14-23(15-19)21(25)8-4-7-20(24)16-5-2-1-3-6-16/h1-3,5-6,9-12,19H,4,7-8,13-15H2/t19-/m0/s1. The van der Waals surface area contributed by atoms with E-state index in [1.165, 1.54) is 12.1 Å². The van der Waals surface area contributed by atoms with E-state index in [0.29, 0.717) is 36.4 Å². The van der Waals surface area contributed by atoms with Crippen LogP contribution in [0.4, 0.5) is 0 Å². The lowest BCUT2D eigenvalue weighted by atomic mass is 10.1. The second-order valence-electron chi connectivity index (χ2n) is 6.89. The van der Waals surface area contributed by atoms with Crippen LogP contribution >= 0.6 is 11.6 Å². The van der Waals surface area contributed by atoms with Gasteiger partial charge in [-0.15, -0.1) is 0 Å². The van der Waals surface area contributed by atoms with E-state index in [4.69, 9.17) is 11.6 Å². The van der Waals surface area contributed by atoms with Gasteiger partial charge in [-0.3, -0.25) is 9.59 Å². The molecule has 1 aliphatic rings. The van der Waals surface area contributed by atoms with Gasteiger partial charge in [0.1, 0.15) is 0 Å². The largest absolute Gasteiger partial charge is 0.341 e. The van der Waals surface area contributed by atoms with E-state index in [0.717, 1.165) is 0 Å². The summed E-state index contributed by atoms with van der Waals surface area (Å²) < 4.78 is 25.5. The molecular weight excluding hydrogens is 398 g/mol. The number of hydrogen-bond acceptors (Lipinski definition) is 4. The lowest BCUT2D eigenvalue weighted by molar-refractivity contribution is -0.130. The second-order valence-corrected chi connectivity index (χ2v) is 9.56. The van der Waals surface area contributed by atoms with Crippen LogP contribution in [-0.2, 0) is 14.6 Å². The number of amides is 1. The van der Waals surface area contributed by atoms with Gasteiger partial charge in [-0.1, -0.05) is 41.9 Å². The third kappa shape index (κ3) is 4.80. The molecule has 1 fully saturated rings. The Hall–Kier alpha value is -2.18. The Morgan fingerprint density at radius 2 is 1.68 bits per heavy atom. The fraction of sp³-hybridized carbons (Fsp3) is 0.333. The predicted octanol–water partition coefficient (Wildman–Crippen LogP) is 3.77. The Balaban J connectivity index is 1.51. The monoisotopic (exact) mass is 419 g/mol. The lowest BCUT2D eigenvalue weighted by Crippen LogP contribution is -2.31. The van der Waals surface area contributed by atoms with Gasteiger partial charge in [0.25, 0.3) is 0 Å². The molecule has 1 amide bonds. The molecule has 0 unspecified atom stereocenters. The number of rotatable bonds is 7. The molecule has 1 aliphatic heterocycles. The van der Waals surface area contributed by atoms with Crippen LogP contribution in [0.2, 0.25) is 5.02 Å². The quantitative estimate of drug-likeness (QED) is 0.640. The first-order chi connectivity index (χ1) is 13.4. The van der Waals surface area contributed by atoms with Crippen molar-refractivity contribution in [2.45, 2.75) is 35.8 Å². The van der Waals surface area contributed by atoms with E-state index in [9.17, 15) is 18.0 Å². The number of ketones is 1. The molecule has 0 N–H and O–H groups in total. The molecule has 3 rings (SSSR count). The molecule has 2 aromatic rings. The number of benzene rings is 2. The van der Waals surface area contributed by atoms with E-state index in [2.05, 4.69) is 0 Å². The maximum Gasteiger partial charge on any atom is 0.222 e. The number of nitrogens with zero attached hydrogens (tertiary/aromatic N) is 1. The Labute approximate surface area is 170 Å². The molecule has 1 saturated heterocycles. The van der Waals surface area contributed by atoms with Crippen molar-refractivity contribution in [3.8, 4) is 0 Å². The lowest BCUT2D eigenvalue weighted by Gasteiger charge is -2.17. The molecule has 0 spiro atoms. The summed E-state index contributed by atoms with van der Waals surface area (Å²) in [5.74, 6) is -0.0901. The molecule has 0 radical (unpaired) electrons. The molecule has 7 heteroatoms. The van der Waals surface area contributed by atoms with E-state index < -0.39 is 15.1 Å². The van der Waals surface area contributed by atoms with Crippen molar-refractivity contribution in [3.63, 3.8) is 0 Å². The van der Waals surface area contributed by atoms with Gasteiger partial charge in [-0.05, 0) is 37.1 Å². The highest BCUT2D eigenvalue weighted by Crippen LogP contribution is 2.25. The van der Waals surface area contributed by atoms with Gasteiger partial charge >= 0.3 is 0 Å². The van der Waals surface area contributed by atoms with Gasteiger partial charge in [0.15, 0.2) is 15.6 Å². The summed E-state index contributed by atoms with van der Waals surface area (Å²) in [6.45, 7) is 0.610. The van der Waals surface area contributed by atoms with Gasteiger partial charge in [0, 0.05) is 36.5 Å². The number of likely N-dealkylation sites (tertiary alicyclic amines) is 1. The molecule has 1 heterocycles. The summed E-state index contributed by atoms with van der Waals surface area (Å²) >= 11 is 5.82. The Kier molecular flexibility index (Phi) is 6.52. The van der Waals surface area contributed by atoms with Crippen molar-refractivity contribution in [1.82, 2.24) is 4.90 Å². The predicted molar refractivity (Wildman–Crippen MR) is 108 cm³/mol. The van der Waals surface area contributed by atoms with Crippen LogP contribution in [0.1, 0.15) is 36.0 Å². The van der Waals surface area contributed by atoms with Crippen LogP contribution in [0.15, 0.2) is 59.5 Å². The van der Waals surface area contributed by atoms with E-state index in [-0.39, 0.29) is 29.6 Å². The topological polar surface area (TPSA) is 71.5 Å². The molecule has 1 atom stereocenters. The Morgan fingerprint density at radius 1 is 1.00 bits per heavy atom. The average molecular weight is 420 g/mol. The normalized spacial score (nSPS) is 16.9. The number of hydrogen-bond donors (Lipinski definition) is 0. The zero-order valence-electron chi connectivity index (χ0n) is 15.4. The smallest absolute Gasteiger partial charge is 0.222 e. The van der Waals surface area contributed by atoms with Gasteiger partial charge in [0.2, 0.25) is 5.91 Å². The Morgan fingerprint density at radius 3 is 2.36 bits per heavy atom. The molecule has 28 heavy (non-hydrogen) atoms. The molecular formula is C21H22ClNO4S. The van der Waals surface area contributed by atoms with Crippen LogP contribution < -0.4 is 0 Å². The highest BCUT2D eigenvalue weighted by Gasteiger charge is 2.35.